The van der Waals surface area contributed by atoms with Gasteiger partial charge in [0.05, 0.1) is 18.4 Å². The van der Waals surface area contributed by atoms with E-state index in [0.717, 1.165) is 28.5 Å². The summed E-state index contributed by atoms with van der Waals surface area (Å²) < 4.78 is 19.5. The third-order valence-corrected chi connectivity index (χ3v) is 4.89. The molecule has 0 aliphatic rings. The molecule has 1 amide bonds. The van der Waals surface area contributed by atoms with Gasteiger partial charge in [0, 0.05) is 33.0 Å². The van der Waals surface area contributed by atoms with Crippen LogP contribution < -0.4 is 20.3 Å². The number of ether oxygens (including phenoxy) is 1. The summed E-state index contributed by atoms with van der Waals surface area (Å²) >= 11 is 0. The molecule has 2 N–H and O–H groups in total. The molecule has 0 radical (unpaired) electrons. The maximum absolute atomic E-state index is 13.5. The van der Waals surface area contributed by atoms with Crippen molar-refractivity contribution in [1.29, 1.82) is 0 Å². The van der Waals surface area contributed by atoms with Crippen LogP contribution in [0.4, 0.5) is 10.1 Å². The van der Waals surface area contributed by atoms with Gasteiger partial charge in [-0.2, -0.15) is 5.10 Å². The van der Waals surface area contributed by atoms with Gasteiger partial charge in [-0.3, -0.25) is 14.4 Å². The molecule has 0 fully saturated rings. The zero-order valence-corrected chi connectivity index (χ0v) is 20.4. The smallest absolute Gasteiger partial charge is 0.298 e. The summed E-state index contributed by atoms with van der Waals surface area (Å²) in [5.41, 5.74) is 1.79. The van der Waals surface area contributed by atoms with Gasteiger partial charge in [-0.15, -0.1) is 0 Å². The van der Waals surface area contributed by atoms with Crippen molar-refractivity contribution in [1.82, 2.24) is 35.2 Å². The number of amides is 1. The second kappa shape index (κ2) is 12.8. The Morgan fingerprint density at radius 3 is 2.57 bits per heavy atom. The van der Waals surface area contributed by atoms with Gasteiger partial charge in [-0.25, -0.2) is 23.9 Å². The van der Waals surface area contributed by atoms with Gasteiger partial charge >= 0.3 is 0 Å². The van der Waals surface area contributed by atoms with Gasteiger partial charge in [0.25, 0.3) is 12.4 Å². The molecule has 0 unspecified atom stereocenters. The first-order valence-electron chi connectivity index (χ1n) is 11.0. The highest BCUT2D eigenvalue weighted by Gasteiger charge is 2.17. The van der Waals surface area contributed by atoms with Crippen LogP contribution in [-0.4, -0.2) is 64.4 Å². The van der Waals surface area contributed by atoms with E-state index < -0.39 is 11.7 Å². The van der Waals surface area contributed by atoms with Crippen molar-refractivity contribution in [3.05, 3.63) is 77.5 Å². The number of fused-ring (bicyclic) bond motifs is 1. The SMILES string of the molecule is CNCc1ccc(OC=O)c(N(C)C)c1.O=Cc1cc(C(=O)NCc2ncccn2)n2ncc(F)c2n1. The molecular formula is C24H25FN8O4. The van der Waals surface area contributed by atoms with E-state index in [1.165, 1.54) is 6.07 Å². The van der Waals surface area contributed by atoms with Crippen LogP contribution in [0.1, 0.15) is 32.4 Å². The largest absolute Gasteiger partial charge is 0.427 e. The van der Waals surface area contributed by atoms with Gasteiger partial charge in [-0.1, -0.05) is 6.07 Å². The van der Waals surface area contributed by atoms with Crippen molar-refractivity contribution >= 4 is 30.0 Å². The zero-order chi connectivity index (χ0) is 26.8. The number of anilines is 1. The molecule has 1 aromatic carbocycles. The molecule has 4 rings (SSSR count). The number of nitrogens with one attached hydrogen (secondary N) is 2. The van der Waals surface area contributed by atoms with Crippen molar-refractivity contribution in [3.63, 3.8) is 0 Å². The standard InChI is InChI=1S/C13H9FN6O2.C11H16N2O2/c14-9-5-18-20-10(4-8(7-21)19-12(9)20)13(22)17-6-11-15-2-1-3-16-11;1-12-7-9-4-5-11(15-8-14)10(6-9)13(2)3/h1-5,7H,6H2,(H,17,22);4-6,8,12H,7H2,1-3H3. The van der Waals surface area contributed by atoms with E-state index in [2.05, 4.69) is 30.7 Å². The quantitative estimate of drug-likeness (QED) is 0.319. The molecule has 0 saturated heterocycles. The highest BCUT2D eigenvalue weighted by Crippen LogP contribution is 2.27. The highest BCUT2D eigenvalue weighted by molar-refractivity contribution is 5.94. The monoisotopic (exact) mass is 508 g/mol. The van der Waals surface area contributed by atoms with Gasteiger partial charge < -0.3 is 20.3 Å². The van der Waals surface area contributed by atoms with Gasteiger partial charge in [0.1, 0.15) is 17.2 Å². The summed E-state index contributed by atoms with van der Waals surface area (Å²) in [7, 11) is 5.72. The molecule has 192 valence electrons. The van der Waals surface area contributed by atoms with Crippen molar-refractivity contribution in [2.45, 2.75) is 13.1 Å². The average Bonchev–Trinajstić information content (AvgIpc) is 3.29. The number of aromatic nitrogens is 5. The lowest BCUT2D eigenvalue weighted by molar-refractivity contribution is -0.120. The Balaban J connectivity index is 0.000000222. The van der Waals surface area contributed by atoms with Crippen LogP contribution in [-0.2, 0) is 17.9 Å². The fourth-order valence-corrected chi connectivity index (χ4v) is 3.23. The maximum atomic E-state index is 13.5. The number of carbonyl (C=O) groups is 3. The van der Waals surface area contributed by atoms with Crippen molar-refractivity contribution in [2.75, 3.05) is 26.0 Å². The fraction of sp³-hybridized carbons (Fsp3) is 0.208. The molecule has 0 spiro atoms. The molecule has 0 aliphatic carbocycles. The summed E-state index contributed by atoms with van der Waals surface area (Å²) in [6.45, 7) is 1.33. The molecular weight excluding hydrogens is 483 g/mol. The molecule has 3 heterocycles. The Labute approximate surface area is 211 Å². The first-order valence-corrected chi connectivity index (χ1v) is 11.0. The van der Waals surface area contributed by atoms with Crippen LogP contribution in [0.5, 0.6) is 5.75 Å². The summed E-state index contributed by atoms with van der Waals surface area (Å²) in [6, 6.07) is 8.61. The number of benzene rings is 1. The topological polar surface area (TPSA) is 144 Å². The maximum Gasteiger partial charge on any atom is 0.298 e. The minimum absolute atomic E-state index is 0.00747. The second-order valence-electron chi connectivity index (χ2n) is 7.70. The van der Waals surface area contributed by atoms with E-state index in [-0.39, 0.29) is 23.6 Å². The lowest BCUT2D eigenvalue weighted by Crippen LogP contribution is -2.26. The summed E-state index contributed by atoms with van der Waals surface area (Å²) in [5, 5.41) is 9.39. The minimum Gasteiger partial charge on any atom is -0.427 e. The van der Waals surface area contributed by atoms with E-state index in [1.54, 1.807) is 24.5 Å². The minimum atomic E-state index is -0.718. The molecule has 37 heavy (non-hydrogen) atoms. The lowest BCUT2D eigenvalue weighted by atomic mass is 10.1. The van der Waals surface area contributed by atoms with Crippen LogP contribution in [0.15, 0.2) is 48.9 Å². The Morgan fingerprint density at radius 1 is 1.16 bits per heavy atom. The first kappa shape index (κ1) is 26.8. The van der Waals surface area contributed by atoms with E-state index in [0.29, 0.717) is 24.3 Å². The Bertz CT molecular complexity index is 1380. The average molecular weight is 509 g/mol. The third kappa shape index (κ3) is 6.89. The Kier molecular flexibility index (Phi) is 9.27. The van der Waals surface area contributed by atoms with Crippen LogP contribution >= 0.6 is 0 Å². The number of aldehydes is 1. The predicted octanol–water partition coefficient (Wildman–Crippen LogP) is 1.41. The summed E-state index contributed by atoms with van der Waals surface area (Å²) in [5.74, 6) is -0.270. The number of rotatable bonds is 9. The molecule has 13 heteroatoms. The predicted molar refractivity (Wildman–Crippen MR) is 132 cm³/mol. The van der Waals surface area contributed by atoms with E-state index in [4.69, 9.17) is 4.74 Å². The number of hydrogen-bond donors (Lipinski definition) is 2. The van der Waals surface area contributed by atoms with E-state index in [9.17, 15) is 18.8 Å². The van der Waals surface area contributed by atoms with Crippen molar-refractivity contribution < 1.29 is 23.5 Å². The molecule has 0 atom stereocenters. The van der Waals surface area contributed by atoms with E-state index in [1.807, 2.05) is 38.2 Å². The van der Waals surface area contributed by atoms with Crippen LogP contribution in [0.25, 0.3) is 5.65 Å². The first-order chi connectivity index (χ1) is 17.9. The van der Waals surface area contributed by atoms with Crippen molar-refractivity contribution in [3.8, 4) is 5.75 Å². The van der Waals surface area contributed by atoms with Gasteiger partial charge in [0.15, 0.2) is 23.5 Å². The second-order valence-corrected chi connectivity index (χ2v) is 7.70. The molecule has 0 aliphatic heterocycles. The number of nitrogens with zero attached hydrogens (tertiary/aromatic N) is 6. The zero-order valence-electron chi connectivity index (χ0n) is 20.4. The summed E-state index contributed by atoms with van der Waals surface area (Å²) in [4.78, 5) is 47.0. The number of carbonyl (C=O) groups excluding carboxylic acids is 3. The van der Waals surface area contributed by atoms with Gasteiger partial charge in [0.2, 0.25) is 0 Å². The highest BCUT2D eigenvalue weighted by atomic mass is 19.1. The summed E-state index contributed by atoms with van der Waals surface area (Å²) in [6.07, 6.45) is 4.45. The van der Waals surface area contributed by atoms with Crippen molar-refractivity contribution in [2.24, 2.45) is 0 Å². The van der Waals surface area contributed by atoms with Crippen LogP contribution in [0.3, 0.4) is 0 Å². The molecule has 0 bridgehead atoms. The van der Waals surface area contributed by atoms with Crippen LogP contribution in [0.2, 0.25) is 0 Å². The normalized spacial score (nSPS) is 10.3. The molecule has 0 saturated carbocycles. The Morgan fingerprint density at radius 2 is 1.92 bits per heavy atom. The fourth-order valence-electron chi connectivity index (χ4n) is 3.23. The number of hydrogen-bond acceptors (Lipinski definition) is 10. The molecule has 12 nitrogen and oxygen atoms in total. The lowest BCUT2D eigenvalue weighted by Gasteiger charge is -2.17. The molecule has 4 aromatic rings. The number of halogens is 1. The third-order valence-electron chi connectivity index (χ3n) is 4.89. The van der Waals surface area contributed by atoms with Crippen LogP contribution in [0, 0.1) is 5.82 Å². The molecule has 3 aromatic heterocycles. The Hall–Kier alpha value is -4.78. The van der Waals surface area contributed by atoms with Gasteiger partial charge in [-0.05, 0) is 36.9 Å². The van der Waals surface area contributed by atoms with E-state index >= 15 is 0 Å².